The largest absolute Gasteiger partial charge is 0.396 e. The molecule has 68 valence electrons. The van der Waals surface area contributed by atoms with E-state index in [-0.39, 0.29) is 0 Å². The van der Waals surface area contributed by atoms with Crippen LogP contribution in [0.4, 0.5) is 0 Å². The van der Waals surface area contributed by atoms with Crippen molar-refractivity contribution in [2.75, 3.05) is 26.2 Å². The van der Waals surface area contributed by atoms with Crippen LogP contribution in [0.5, 0.6) is 0 Å². The molecular formula is C10H17NO. The Kier molecular flexibility index (Phi) is 4.13. The number of likely N-dealkylation sites (tertiary alicyclic amines) is 1. The van der Waals surface area contributed by atoms with Crippen molar-refractivity contribution in [3.63, 3.8) is 0 Å². The summed E-state index contributed by atoms with van der Waals surface area (Å²) >= 11 is 0. The summed E-state index contributed by atoms with van der Waals surface area (Å²) in [6, 6.07) is 0. The van der Waals surface area contributed by atoms with Crippen LogP contribution < -0.4 is 0 Å². The molecule has 1 unspecified atom stereocenters. The zero-order valence-corrected chi connectivity index (χ0v) is 7.50. The average molecular weight is 167 g/mol. The second-order valence-corrected chi connectivity index (χ2v) is 3.48. The molecule has 0 radical (unpaired) electrons. The van der Waals surface area contributed by atoms with Crippen LogP contribution in [-0.4, -0.2) is 36.2 Å². The van der Waals surface area contributed by atoms with E-state index in [1.165, 1.54) is 12.8 Å². The third kappa shape index (κ3) is 2.84. The summed E-state index contributed by atoms with van der Waals surface area (Å²) in [7, 11) is 0. The van der Waals surface area contributed by atoms with Crippen LogP contribution in [0, 0.1) is 18.3 Å². The van der Waals surface area contributed by atoms with Gasteiger partial charge in [-0.15, -0.1) is 6.42 Å². The zero-order valence-electron chi connectivity index (χ0n) is 7.50. The molecule has 0 aliphatic carbocycles. The highest BCUT2D eigenvalue weighted by atomic mass is 16.3. The SMILES string of the molecule is C#CCN1CCCCC(CO)C1. The van der Waals surface area contributed by atoms with E-state index < -0.39 is 0 Å². The number of hydrogen-bond acceptors (Lipinski definition) is 2. The van der Waals surface area contributed by atoms with Crippen LogP contribution in [-0.2, 0) is 0 Å². The van der Waals surface area contributed by atoms with Crippen molar-refractivity contribution in [2.45, 2.75) is 19.3 Å². The van der Waals surface area contributed by atoms with Crippen LogP contribution in [0.2, 0.25) is 0 Å². The number of rotatable bonds is 2. The quantitative estimate of drug-likeness (QED) is 0.612. The fraction of sp³-hybridized carbons (Fsp3) is 0.800. The van der Waals surface area contributed by atoms with Crippen molar-refractivity contribution >= 4 is 0 Å². The molecule has 12 heavy (non-hydrogen) atoms. The summed E-state index contributed by atoms with van der Waals surface area (Å²) in [6.07, 6.45) is 8.84. The van der Waals surface area contributed by atoms with Gasteiger partial charge in [-0.3, -0.25) is 4.90 Å². The van der Waals surface area contributed by atoms with Gasteiger partial charge in [-0.2, -0.15) is 0 Å². The standard InChI is InChI=1S/C10H17NO/c1-2-6-11-7-4-3-5-10(8-11)9-12/h1,10,12H,3-9H2. The van der Waals surface area contributed by atoms with Crippen LogP contribution in [0.3, 0.4) is 0 Å². The number of aliphatic hydroxyl groups is 1. The van der Waals surface area contributed by atoms with E-state index in [1.807, 2.05) is 0 Å². The molecule has 1 heterocycles. The van der Waals surface area contributed by atoms with Crippen molar-refractivity contribution in [2.24, 2.45) is 5.92 Å². The number of nitrogens with zero attached hydrogens (tertiary/aromatic N) is 1. The molecule has 0 aromatic heterocycles. The summed E-state index contributed by atoms with van der Waals surface area (Å²) in [5.74, 6) is 3.10. The van der Waals surface area contributed by atoms with Gasteiger partial charge in [0.2, 0.25) is 0 Å². The fourth-order valence-corrected chi connectivity index (χ4v) is 1.74. The number of hydrogen-bond donors (Lipinski definition) is 1. The second kappa shape index (κ2) is 5.18. The Morgan fingerprint density at radius 2 is 2.33 bits per heavy atom. The summed E-state index contributed by atoms with van der Waals surface area (Å²) in [5.41, 5.74) is 0. The van der Waals surface area contributed by atoms with Crippen molar-refractivity contribution in [1.29, 1.82) is 0 Å². The summed E-state index contributed by atoms with van der Waals surface area (Å²) < 4.78 is 0. The molecule has 2 nitrogen and oxygen atoms in total. The maximum Gasteiger partial charge on any atom is 0.0599 e. The molecule has 0 amide bonds. The third-order valence-corrected chi connectivity index (χ3v) is 2.43. The van der Waals surface area contributed by atoms with Gasteiger partial charge in [0.15, 0.2) is 0 Å². The van der Waals surface area contributed by atoms with E-state index in [0.29, 0.717) is 12.5 Å². The molecular weight excluding hydrogens is 150 g/mol. The van der Waals surface area contributed by atoms with Gasteiger partial charge in [0.1, 0.15) is 0 Å². The molecule has 0 aromatic carbocycles. The molecule has 0 aromatic rings. The van der Waals surface area contributed by atoms with E-state index in [2.05, 4.69) is 10.8 Å². The van der Waals surface area contributed by atoms with Gasteiger partial charge < -0.3 is 5.11 Å². The molecule has 0 spiro atoms. The van der Waals surface area contributed by atoms with Gasteiger partial charge >= 0.3 is 0 Å². The lowest BCUT2D eigenvalue weighted by atomic mass is 10.1. The highest BCUT2D eigenvalue weighted by Crippen LogP contribution is 2.15. The predicted octanol–water partition coefficient (Wildman–Crippen LogP) is 0.714. The molecule has 2 heteroatoms. The summed E-state index contributed by atoms with van der Waals surface area (Å²) in [5, 5.41) is 9.02. The molecule has 1 fully saturated rings. The highest BCUT2D eigenvalue weighted by Gasteiger charge is 2.15. The fourth-order valence-electron chi connectivity index (χ4n) is 1.74. The van der Waals surface area contributed by atoms with Gasteiger partial charge in [0.05, 0.1) is 6.54 Å². The zero-order chi connectivity index (χ0) is 8.81. The first kappa shape index (κ1) is 9.57. The second-order valence-electron chi connectivity index (χ2n) is 3.48. The minimum absolute atomic E-state index is 0.307. The summed E-state index contributed by atoms with van der Waals surface area (Å²) in [4.78, 5) is 2.26. The van der Waals surface area contributed by atoms with E-state index in [1.54, 1.807) is 0 Å². The van der Waals surface area contributed by atoms with Gasteiger partial charge in [0.25, 0.3) is 0 Å². The van der Waals surface area contributed by atoms with Crippen LogP contribution in [0.15, 0.2) is 0 Å². The molecule has 1 aliphatic heterocycles. The van der Waals surface area contributed by atoms with Crippen molar-refractivity contribution < 1.29 is 5.11 Å². The third-order valence-electron chi connectivity index (χ3n) is 2.43. The molecule has 1 N–H and O–H groups in total. The maximum atomic E-state index is 9.02. The molecule has 0 bridgehead atoms. The Bertz CT molecular complexity index is 162. The highest BCUT2D eigenvalue weighted by molar-refractivity contribution is 4.89. The number of terminal acetylenes is 1. The monoisotopic (exact) mass is 167 g/mol. The lowest BCUT2D eigenvalue weighted by Crippen LogP contribution is -2.30. The minimum atomic E-state index is 0.307. The van der Waals surface area contributed by atoms with Crippen LogP contribution >= 0.6 is 0 Å². The normalized spacial score (nSPS) is 26.2. The Balaban J connectivity index is 2.37. The smallest absolute Gasteiger partial charge is 0.0599 e. The number of aliphatic hydroxyl groups excluding tert-OH is 1. The molecule has 1 rings (SSSR count). The van der Waals surface area contributed by atoms with E-state index in [0.717, 1.165) is 26.1 Å². The predicted molar refractivity (Wildman–Crippen MR) is 49.7 cm³/mol. The lowest BCUT2D eigenvalue weighted by molar-refractivity contribution is 0.182. The first-order chi connectivity index (χ1) is 5.86. The van der Waals surface area contributed by atoms with E-state index in [9.17, 15) is 0 Å². The van der Waals surface area contributed by atoms with Crippen molar-refractivity contribution in [3.8, 4) is 12.3 Å². The first-order valence-electron chi connectivity index (χ1n) is 4.63. The molecule has 1 atom stereocenters. The Labute approximate surface area is 74.6 Å². The van der Waals surface area contributed by atoms with E-state index >= 15 is 0 Å². The first-order valence-corrected chi connectivity index (χ1v) is 4.63. The Morgan fingerprint density at radius 3 is 3.00 bits per heavy atom. The van der Waals surface area contributed by atoms with Gasteiger partial charge in [0, 0.05) is 13.2 Å². The summed E-state index contributed by atoms with van der Waals surface area (Å²) in [6.45, 7) is 3.11. The lowest BCUT2D eigenvalue weighted by Gasteiger charge is -2.20. The van der Waals surface area contributed by atoms with Crippen LogP contribution in [0.1, 0.15) is 19.3 Å². The van der Waals surface area contributed by atoms with Gasteiger partial charge in [-0.05, 0) is 25.3 Å². The van der Waals surface area contributed by atoms with Crippen molar-refractivity contribution in [3.05, 3.63) is 0 Å². The molecule has 1 aliphatic rings. The minimum Gasteiger partial charge on any atom is -0.396 e. The maximum absolute atomic E-state index is 9.02. The van der Waals surface area contributed by atoms with Gasteiger partial charge in [-0.25, -0.2) is 0 Å². The topological polar surface area (TPSA) is 23.5 Å². The molecule has 1 saturated heterocycles. The van der Waals surface area contributed by atoms with Crippen molar-refractivity contribution in [1.82, 2.24) is 4.90 Å². The Morgan fingerprint density at radius 1 is 1.50 bits per heavy atom. The van der Waals surface area contributed by atoms with Crippen LogP contribution in [0.25, 0.3) is 0 Å². The Hall–Kier alpha value is -0.520. The van der Waals surface area contributed by atoms with E-state index in [4.69, 9.17) is 11.5 Å². The average Bonchev–Trinajstić information content (AvgIpc) is 2.30. The molecule has 0 saturated carbocycles. The van der Waals surface area contributed by atoms with Gasteiger partial charge in [-0.1, -0.05) is 12.3 Å².